The van der Waals surface area contributed by atoms with E-state index < -0.39 is 23.8 Å². The van der Waals surface area contributed by atoms with Gasteiger partial charge in [-0.3, -0.25) is 25.0 Å². The molecule has 2 amide bonds. The van der Waals surface area contributed by atoms with Crippen molar-refractivity contribution < 1.29 is 14.5 Å². The van der Waals surface area contributed by atoms with Gasteiger partial charge in [0.15, 0.2) is 0 Å². The lowest BCUT2D eigenvalue weighted by atomic mass is 9.73. The average Bonchev–Trinajstić information content (AvgIpc) is 2.87. The Morgan fingerprint density at radius 3 is 2.12 bits per heavy atom. The number of carbonyl (C=O) groups is 2. The number of nitro groups is 1. The molecule has 0 radical (unpaired) electrons. The summed E-state index contributed by atoms with van der Waals surface area (Å²) < 4.78 is 0. The zero-order valence-corrected chi connectivity index (χ0v) is 15.3. The minimum Gasteiger partial charge on any atom is -0.288 e. The van der Waals surface area contributed by atoms with E-state index in [1.165, 1.54) is 12.2 Å². The second-order valence-corrected chi connectivity index (χ2v) is 7.38. The van der Waals surface area contributed by atoms with Crippen LogP contribution >= 0.6 is 0 Å². The summed E-state index contributed by atoms with van der Waals surface area (Å²) in [7, 11) is 0. The Kier molecular flexibility index (Phi) is 4.52. The first-order chi connectivity index (χ1) is 12.2. The van der Waals surface area contributed by atoms with Crippen molar-refractivity contribution in [1.82, 2.24) is 5.32 Å². The molecule has 2 atom stereocenters. The number of amides is 2. The highest BCUT2D eigenvalue weighted by Gasteiger charge is 2.46. The summed E-state index contributed by atoms with van der Waals surface area (Å²) in [6, 6.07) is 4.78. The zero-order chi connectivity index (χ0) is 19.2. The van der Waals surface area contributed by atoms with Crippen molar-refractivity contribution in [2.45, 2.75) is 51.5 Å². The third-order valence-electron chi connectivity index (χ3n) is 5.09. The highest BCUT2D eigenvalue weighted by atomic mass is 16.6. The fraction of sp³-hybridized carbons (Fsp3) is 0.400. The quantitative estimate of drug-likeness (QED) is 0.511. The Morgan fingerprint density at radius 2 is 1.62 bits per heavy atom. The van der Waals surface area contributed by atoms with E-state index in [4.69, 9.17) is 0 Å². The van der Waals surface area contributed by atoms with Crippen molar-refractivity contribution in [2.24, 2.45) is 0 Å². The van der Waals surface area contributed by atoms with Crippen LogP contribution in [-0.2, 0) is 9.59 Å². The predicted octanol–water partition coefficient (Wildman–Crippen LogP) is 3.19. The smallest absolute Gasteiger partial charge is 0.258 e. The first-order valence-electron chi connectivity index (χ1n) is 8.78. The minimum atomic E-state index is -1.08. The van der Waals surface area contributed by atoms with E-state index >= 15 is 0 Å². The first kappa shape index (κ1) is 18.0. The maximum atomic E-state index is 12.5. The molecular weight excluding hydrogens is 332 g/mol. The first-order valence-corrected chi connectivity index (χ1v) is 8.78. The fourth-order valence-electron chi connectivity index (χ4n) is 3.91. The van der Waals surface area contributed by atoms with Gasteiger partial charge >= 0.3 is 0 Å². The molecule has 1 N–H and O–H groups in total. The SMILES string of the molecule is CC(C)c1cccc(C(C)C)c1C1C2=C(C=CC1[N+](=O)[O-])C(=O)NC2=O. The lowest BCUT2D eigenvalue weighted by Crippen LogP contribution is -2.33. The lowest BCUT2D eigenvalue weighted by molar-refractivity contribution is -0.512. The molecule has 136 valence electrons. The molecule has 1 aromatic rings. The topological polar surface area (TPSA) is 89.3 Å². The van der Waals surface area contributed by atoms with Crippen molar-refractivity contribution in [2.75, 3.05) is 0 Å². The molecule has 6 nitrogen and oxygen atoms in total. The molecule has 1 aromatic carbocycles. The van der Waals surface area contributed by atoms with Crippen molar-refractivity contribution in [3.63, 3.8) is 0 Å². The number of hydrogen-bond acceptors (Lipinski definition) is 4. The standard InChI is InChI=1S/C20H22N2O4/c1-10(2)12-6-5-7-13(11(3)4)16(12)18-15(22(25)26)9-8-14-17(18)20(24)21-19(14)23/h5-11,15,18H,1-4H3,(H,21,23,24). The van der Waals surface area contributed by atoms with Crippen LogP contribution < -0.4 is 5.32 Å². The van der Waals surface area contributed by atoms with Gasteiger partial charge in [0.25, 0.3) is 11.8 Å². The van der Waals surface area contributed by atoms with Gasteiger partial charge in [0.2, 0.25) is 6.04 Å². The Balaban J connectivity index is 2.33. The van der Waals surface area contributed by atoms with Gasteiger partial charge in [0.1, 0.15) is 0 Å². The minimum absolute atomic E-state index is 0.131. The maximum Gasteiger partial charge on any atom is 0.258 e. The fourth-order valence-corrected chi connectivity index (χ4v) is 3.91. The summed E-state index contributed by atoms with van der Waals surface area (Å²) in [5, 5.41) is 14.1. The van der Waals surface area contributed by atoms with Crippen molar-refractivity contribution in [1.29, 1.82) is 0 Å². The van der Waals surface area contributed by atoms with Crippen LogP contribution in [0.15, 0.2) is 41.5 Å². The summed E-state index contributed by atoms with van der Waals surface area (Å²) >= 11 is 0. The Morgan fingerprint density at radius 1 is 1.04 bits per heavy atom. The molecule has 1 aliphatic heterocycles. The molecule has 1 aliphatic carbocycles. The van der Waals surface area contributed by atoms with E-state index in [0.29, 0.717) is 0 Å². The number of imide groups is 1. The van der Waals surface area contributed by atoms with Crippen LogP contribution in [0.25, 0.3) is 0 Å². The predicted molar refractivity (Wildman–Crippen MR) is 97.5 cm³/mol. The van der Waals surface area contributed by atoms with Crippen LogP contribution in [0, 0.1) is 10.1 Å². The summed E-state index contributed by atoms with van der Waals surface area (Å²) in [5.41, 5.74) is 3.21. The molecule has 3 rings (SSSR count). The molecule has 0 saturated heterocycles. The maximum absolute atomic E-state index is 12.5. The molecule has 2 unspecified atom stereocenters. The van der Waals surface area contributed by atoms with E-state index in [1.807, 2.05) is 45.9 Å². The third kappa shape index (κ3) is 2.75. The molecule has 0 bridgehead atoms. The van der Waals surface area contributed by atoms with Crippen LogP contribution in [0.3, 0.4) is 0 Å². The second-order valence-electron chi connectivity index (χ2n) is 7.38. The summed E-state index contributed by atoms with van der Waals surface area (Å²) in [5.74, 6) is -1.52. The normalized spacial score (nSPS) is 22.2. The largest absolute Gasteiger partial charge is 0.288 e. The van der Waals surface area contributed by atoms with Gasteiger partial charge in [-0.2, -0.15) is 0 Å². The van der Waals surface area contributed by atoms with Gasteiger partial charge in [0, 0.05) is 16.1 Å². The molecule has 26 heavy (non-hydrogen) atoms. The number of nitrogens with zero attached hydrogens (tertiary/aromatic N) is 1. The monoisotopic (exact) mass is 354 g/mol. The number of nitrogens with one attached hydrogen (secondary N) is 1. The lowest BCUT2D eigenvalue weighted by Gasteiger charge is -2.29. The molecule has 6 heteroatoms. The Hall–Kier alpha value is -2.76. The van der Waals surface area contributed by atoms with Gasteiger partial charge in [-0.15, -0.1) is 0 Å². The highest BCUT2D eigenvalue weighted by Crippen LogP contribution is 2.44. The average molecular weight is 354 g/mol. The van der Waals surface area contributed by atoms with Crippen LogP contribution in [0.4, 0.5) is 0 Å². The third-order valence-corrected chi connectivity index (χ3v) is 5.09. The highest BCUT2D eigenvalue weighted by molar-refractivity contribution is 6.21. The van der Waals surface area contributed by atoms with E-state index in [-0.39, 0.29) is 27.9 Å². The summed E-state index contributed by atoms with van der Waals surface area (Å²) in [4.78, 5) is 36.0. The Labute approximate surface area is 152 Å². The van der Waals surface area contributed by atoms with E-state index in [9.17, 15) is 19.7 Å². The number of benzene rings is 1. The number of hydrogen-bond donors (Lipinski definition) is 1. The van der Waals surface area contributed by atoms with E-state index in [2.05, 4.69) is 5.32 Å². The molecule has 0 spiro atoms. The molecule has 2 aliphatic rings. The van der Waals surface area contributed by atoms with Crippen molar-refractivity contribution in [3.8, 4) is 0 Å². The molecule has 1 heterocycles. The van der Waals surface area contributed by atoms with Gasteiger partial charge in [-0.25, -0.2) is 0 Å². The zero-order valence-electron chi connectivity index (χ0n) is 15.3. The molecule has 0 fully saturated rings. The number of carbonyl (C=O) groups excluding carboxylic acids is 2. The van der Waals surface area contributed by atoms with Gasteiger partial charge in [-0.05, 0) is 40.7 Å². The molecular formula is C20H22N2O4. The van der Waals surface area contributed by atoms with E-state index in [1.54, 1.807) is 0 Å². The van der Waals surface area contributed by atoms with Gasteiger partial charge in [-0.1, -0.05) is 45.9 Å². The Bertz CT molecular complexity index is 838. The van der Waals surface area contributed by atoms with Crippen LogP contribution in [0.2, 0.25) is 0 Å². The van der Waals surface area contributed by atoms with Crippen LogP contribution in [0.5, 0.6) is 0 Å². The van der Waals surface area contributed by atoms with Crippen molar-refractivity contribution >= 4 is 11.8 Å². The van der Waals surface area contributed by atoms with E-state index in [0.717, 1.165) is 16.7 Å². The molecule has 0 aromatic heterocycles. The van der Waals surface area contributed by atoms with Gasteiger partial charge in [0.05, 0.1) is 5.92 Å². The van der Waals surface area contributed by atoms with Crippen LogP contribution in [0.1, 0.15) is 62.1 Å². The summed E-state index contributed by atoms with van der Waals surface area (Å²) in [6.45, 7) is 8.10. The van der Waals surface area contributed by atoms with Crippen molar-refractivity contribution in [3.05, 3.63) is 68.3 Å². The number of rotatable bonds is 4. The van der Waals surface area contributed by atoms with Crippen LogP contribution in [-0.4, -0.2) is 22.8 Å². The molecule has 0 saturated carbocycles. The summed E-state index contributed by atoms with van der Waals surface area (Å²) in [6.07, 6.45) is 2.84. The van der Waals surface area contributed by atoms with Gasteiger partial charge < -0.3 is 0 Å². The second kappa shape index (κ2) is 6.52.